The van der Waals surface area contributed by atoms with E-state index in [0.29, 0.717) is 44.3 Å². The van der Waals surface area contributed by atoms with E-state index >= 15 is 0 Å². The summed E-state index contributed by atoms with van der Waals surface area (Å²) >= 11 is 18.4. The Labute approximate surface area is 250 Å². The van der Waals surface area contributed by atoms with Crippen molar-refractivity contribution in [2.45, 2.75) is 13.2 Å². The smallest absolute Gasteiger partial charge is 0.335 e. The van der Waals surface area contributed by atoms with Crippen molar-refractivity contribution in [1.29, 1.82) is 0 Å². The number of carbonyl (C=O) groups is 3. The van der Waals surface area contributed by atoms with E-state index in [-0.39, 0.29) is 17.9 Å². The van der Waals surface area contributed by atoms with Crippen molar-refractivity contribution in [1.82, 2.24) is 5.32 Å². The lowest BCUT2D eigenvalue weighted by atomic mass is 10.1. The van der Waals surface area contributed by atoms with Crippen molar-refractivity contribution in [2.24, 2.45) is 0 Å². The van der Waals surface area contributed by atoms with Crippen LogP contribution in [0.15, 0.2) is 96.6 Å². The Morgan fingerprint density at radius 1 is 0.756 bits per heavy atom. The van der Waals surface area contributed by atoms with Crippen molar-refractivity contribution < 1.29 is 23.9 Å². The van der Waals surface area contributed by atoms with Gasteiger partial charge in [0, 0.05) is 26.2 Å². The van der Waals surface area contributed by atoms with Gasteiger partial charge in [-0.2, -0.15) is 0 Å². The van der Waals surface area contributed by atoms with Gasteiger partial charge < -0.3 is 9.47 Å². The SMILES string of the molecule is O=C1NC(=O)N(c2ccc(OCc3ccccc3)cc2)C(=O)/C1=C/c1cc(Cl)ccc1OCc1ccc(Cl)cc1Cl. The van der Waals surface area contributed by atoms with Gasteiger partial charge in [-0.1, -0.05) is 71.2 Å². The summed E-state index contributed by atoms with van der Waals surface area (Å²) in [6.07, 6.45) is 1.33. The maximum absolute atomic E-state index is 13.4. The number of anilines is 1. The van der Waals surface area contributed by atoms with Gasteiger partial charge in [0.05, 0.1) is 5.69 Å². The van der Waals surface area contributed by atoms with Crippen molar-refractivity contribution >= 4 is 64.4 Å². The van der Waals surface area contributed by atoms with E-state index < -0.39 is 17.8 Å². The molecule has 5 rings (SSSR count). The first-order chi connectivity index (χ1) is 19.8. The van der Waals surface area contributed by atoms with Crippen LogP contribution in [0.3, 0.4) is 0 Å². The zero-order valence-electron chi connectivity index (χ0n) is 21.3. The fourth-order valence-corrected chi connectivity index (χ4v) is 4.68. The summed E-state index contributed by atoms with van der Waals surface area (Å²) in [6.45, 7) is 0.455. The minimum atomic E-state index is -0.866. The Balaban J connectivity index is 1.37. The molecule has 1 fully saturated rings. The van der Waals surface area contributed by atoms with E-state index in [4.69, 9.17) is 44.3 Å². The first-order valence-corrected chi connectivity index (χ1v) is 13.5. The molecule has 4 amide bonds. The third-order valence-electron chi connectivity index (χ3n) is 6.11. The van der Waals surface area contributed by atoms with Gasteiger partial charge in [-0.3, -0.25) is 14.9 Å². The minimum Gasteiger partial charge on any atom is -0.489 e. The molecule has 41 heavy (non-hydrogen) atoms. The second-order valence-electron chi connectivity index (χ2n) is 8.93. The number of halogens is 3. The van der Waals surface area contributed by atoms with Crippen LogP contribution in [-0.2, 0) is 22.8 Å². The summed E-state index contributed by atoms with van der Waals surface area (Å²) < 4.78 is 11.7. The molecule has 0 aromatic heterocycles. The van der Waals surface area contributed by atoms with Crippen molar-refractivity contribution in [3.05, 3.63) is 128 Å². The summed E-state index contributed by atoms with van der Waals surface area (Å²) in [7, 11) is 0. The molecule has 0 unspecified atom stereocenters. The topological polar surface area (TPSA) is 84.9 Å². The van der Waals surface area contributed by atoms with E-state index in [9.17, 15) is 14.4 Å². The minimum absolute atomic E-state index is 0.0945. The molecule has 0 atom stereocenters. The van der Waals surface area contributed by atoms with Gasteiger partial charge in [0.2, 0.25) is 0 Å². The van der Waals surface area contributed by atoms with Gasteiger partial charge in [-0.05, 0) is 66.2 Å². The molecule has 0 saturated carbocycles. The number of barbiturate groups is 1. The van der Waals surface area contributed by atoms with Crippen LogP contribution >= 0.6 is 34.8 Å². The standard InChI is InChI=1S/C31H21Cl3N2O5/c32-22-8-13-28(41-18-20-6-7-23(33)16-27(20)34)21(14-22)15-26-29(37)35-31(39)36(30(26)38)24-9-11-25(12-10-24)40-17-19-4-2-1-3-5-19/h1-16H,17-18H2,(H,35,37,39)/b26-15+. The van der Waals surface area contributed by atoms with Gasteiger partial charge in [-0.15, -0.1) is 0 Å². The zero-order valence-corrected chi connectivity index (χ0v) is 23.5. The Hall–Kier alpha value is -4.30. The Kier molecular flexibility index (Phi) is 8.59. The number of nitrogens with one attached hydrogen (secondary N) is 1. The zero-order chi connectivity index (χ0) is 28.9. The summed E-state index contributed by atoms with van der Waals surface area (Å²) in [4.78, 5) is 39.8. The third kappa shape index (κ3) is 6.72. The van der Waals surface area contributed by atoms with Crippen LogP contribution in [0.1, 0.15) is 16.7 Å². The number of rotatable bonds is 8. The number of hydrogen-bond donors (Lipinski definition) is 1. The number of amides is 4. The average molecular weight is 608 g/mol. The summed E-state index contributed by atoms with van der Waals surface area (Å²) in [6, 6.07) is 25.0. The highest BCUT2D eigenvalue weighted by atomic mass is 35.5. The highest BCUT2D eigenvalue weighted by Crippen LogP contribution is 2.30. The van der Waals surface area contributed by atoms with Gasteiger partial charge in [-0.25, -0.2) is 9.69 Å². The van der Waals surface area contributed by atoms with Crippen molar-refractivity contribution in [2.75, 3.05) is 4.90 Å². The Morgan fingerprint density at radius 2 is 1.46 bits per heavy atom. The average Bonchev–Trinajstić information content (AvgIpc) is 2.95. The second kappa shape index (κ2) is 12.5. The predicted octanol–water partition coefficient (Wildman–Crippen LogP) is 7.47. The van der Waals surface area contributed by atoms with Crippen molar-refractivity contribution in [3.8, 4) is 11.5 Å². The summed E-state index contributed by atoms with van der Waals surface area (Å²) in [5, 5.41) is 3.50. The lowest BCUT2D eigenvalue weighted by molar-refractivity contribution is -0.122. The molecule has 206 valence electrons. The van der Waals surface area contributed by atoms with Crippen LogP contribution in [-0.4, -0.2) is 17.8 Å². The van der Waals surface area contributed by atoms with E-state index in [0.717, 1.165) is 10.5 Å². The largest absolute Gasteiger partial charge is 0.489 e. The fraction of sp³-hybridized carbons (Fsp3) is 0.0645. The van der Waals surface area contributed by atoms with Crippen LogP contribution in [0, 0.1) is 0 Å². The van der Waals surface area contributed by atoms with Crippen molar-refractivity contribution in [3.63, 3.8) is 0 Å². The number of imide groups is 2. The van der Waals surface area contributed by atoms with Gasteiger partial charge >= 0.3 is 6.03 Å². The second-order valence-corrected chi connectivity index (χ2v) is 10.2. The van der Waals surface area contributed by atoms with E-state index in [1.165, 1.54) is 6.08 Å². The molecule has 1 saturated heterocycles. The highest BCUT2D eigenvalue weighted by molar-refractivity contribution is 6.39. The number of benzene rings is 4. The third-order valence-corrected chi connectivity index (χ3v) is 6.94. The molecular weight excluding hydrogens is 587 g/mol. The molecular formula is C31H21Cl3N2O5. The Bertz CT molecular complexity index is 1660. The quantitative estimate of drug-likeness (QED) is 0.166. The monoisotopic (exact) mass is 606 g/mol. The molecule has 0 aliphatic carbocycles. The molecule has 4 aromatic carbocycles. The predicted molar refractivity (Wildman–Crippen MR) is 158 cm³/mol. The van der Waals surface area contributed by atoms with E-state index in [1.807, 2.05) is 30.3 Å². The summed E-state index contributed by atoms with van der Waals surface area (Å²) in [5.41, 5.74) is 2.03. The van der Waals surface area contributed by atoms with E-state index in [1.54, 1.807) is 60.7 Å². The fourth-order valence-electron chi connectivity index (χ4n) is 4.04. The van der Waals surface area contributed by atoms with Crippen LogP contribution in [0.4, 0.5) is 10.5 Å². The molecule has 4 aromatic rings. The highest BCUT2D eigenvalue weighted by Gasteiger charge is 2.37. The van der Waals surface area contributed by atoms with Crippen LogP contribution < -0.4 is 19.7 Å². The van der Waals surface area contributed by atoms with Gasteiger partial charge in [0.15, 0.2) is 0 Å². The number of nitrogens with zero attached hydrogens (tertiary/aromatic N) is 1. The molecule has 1 N–H and O–H groups in total. The lowest BCUT2D eigenvalue weighted by Gasteiger charge is -2.26. The molecule has 1 aliphatic rings. The van der Waals surface area contributed by atoms with Gasteiger partial charge in [0.1, 0.15) is 30.3 Å². The normalized spacial score (nSPS) is 14.3. The molecule has 0 bridgehead atoms. The van der Waals surface area contributed by atoms with Gasteiger partial charge in [0.25, 0.3) is 11.8 Å². The molecule has 1 aliphatic heterocycles. The number of carbonyl (C=O) groups excluding carboxylic acids is 3. The summed E-state index contributed by atoms with van der Waals surface area (Å²) in [5.74, 6) is -0.748. The first kappa shape index (κ1) is 28.2. The molecule has 10 heteroatoms. The van der Waals surface area contributed by atoms with E-state index in [2.05, 4.69) is 5.32 Å². The molecule has 1 heterocycles. The molecule has 0 radical (unpaired) electrons. The number of ether oxygens (including phenoxy) is 2. The lowest BCUT2D eigenvalue weighted by Crippen LogP contribution is -2.54. The first-order valence-electron chi connectivity index (χ1n) is 12.3. The molecule has 0 spiro atoms. The van der Waals surface area contributed by atoms with Crippen LogP contribution in [0.25, 0.3) is 6.08 Å². The maximum atomic E-state index is 13.4. The maximum Gasteiger partial charge on any atom is 0.335 e. The Morgan fingerprint density at radius 3 is 2.20 bits per heavy atom. The van der Waals surface area contributed by atoms with Crippen LogP contribution in [0.5, 0.6) is 11.5 Å². The number of urea groups is 1. The van der Waals surface area contributed by atoms with Crippen LogP contribution in [0.2, 0.25) is 15.1 Å². The molecule has 7 nitrogen and oxygen atoms in total. The number of hydrogen-bond acceptors (Lipinski definition) is 5.